The predicted octanol–water partition coefficient (Wildman–Crippen LogP) is 11.3. The van der Waals surface area contributed by atoms with Crippen LogP contribution in [-0.2, 0) is 0 Å². The molecular formula is C37H23NS2. The Morgan fingerprint density at radius 1 is 0.500 bits per heavy atom. The zero-order valence-electron chi connectivity index (χ0n) is 21.5. The molecule has 1 nitrogen and oxygen atoms in total. The Kier molecular flexibility index (Phi) is 4.77. The maximum atomic E-state index is 4.02. The second-order valence-electron chi connectivity index (χ2n) is 10.5. The summed E-state index contributed by atoms with van der Waals surface area (Å²) < 4.78 is 5.36. The Balaban J connectivity index is 1.34. The van der Waals surface area contributed by atoms with Crippen molar-refractivity contribution in [2.24, 2.45) is 0 Å². The highest BCUT2D eigenvalue weighted by Gasteiger charge is 2.30. The van der Waals surface area contributed by atoms with E-state index >= 15 is 0 Å². The van der Waals surface area contributed by atoms with Crippen molar-refractivity contribution in [3.8, 4) is 22.3 Å². The van der Waals surface area contributed by atoms with Gasteiger partial charge in [0, 0.05) is 51.5 Å². The molecule has 6 aromatic carbocycles. The predicted molar refractivity (Wildman–Crippen MR) is 175 cm³/mol. The molecule has 0 saturated carbocycles. The third kappa shape index (κ3) is 3.19. The summed E-state index contributed by atoms with van der Waals surface area (Å²) in [6.07, 6.45) is 0. The van der Waals surface area contributed by atoms with Crippen molar-refractivity contribution < 1.29 is 0 Å². The number of hydrogen-bond donors (Lipinski definition) is 1. The first-order chi connectivity index (χ1) is 19.8. The summed E-state index contributed by atoms with van der Waals surface area (Å²) in [4.78, 5) is 0. The van der Waals surface area contributed by atoms with Crippen LogP contribution in [0.5, 0.6) is 0 Å². The van der Waals surface area contributed by atoms with E-state index in [9.17, 15) is 0 Å². The van der Waals surface area contributed by atoms with Gasteiger partial charge in [0.15, 0.2) is 0 Å². The minimum atomic E-state index is 0.0703. The molecule has 8 aromatic rings. The molecule has 1 N–H and O–H groups in total. The lowest BCUT2D eigenvalue weighted by molar-refractivity contribution is 0.933. The Bertz CT molecular complexity index is 2250. The van der Waals surface area contributed by atoms with E-state index in [0.717, 1.165) is 0 Å². The average Bonchev–Trinajstić information content (AvgIpc) is 3.58. The summed E-state index contributed by atoms with van der Waals surface area (Å²) >= 11 is 3.77. The van der Waals surface area contributed by atoms with Crippen LogP contribution in [0.15, 0.2) is 127 Å². The number of hydrogen-bond acceptors (Lipinski definition) is 3. The molecule has 3 heteroatoms. The van der Waals surface area contributed by atoms with Crippen LogP contribution in [0.25, 0.3) is 62.6 Å². The SMILES string of the molecule is c1ccc(C2Nc3c(-c4ccc5c(c4)sc4ccccc45)cccc3-c3c2ccc2sc4ccccc4c32)cc1. The van der Waals surface area contributed by atoms with E-state index in [1.807, 2.05) is 22.7 Å². The van der Waals surface area contributed by atoms with E-state index in [1.54, 1.807) is 0 Å². The van der Waals surface area contributed by atoms with Gasteiger partial charge in [0.2, 0.25) is 0 Å². The van der Waals surface area contributed by atoms with Gasteiger partial charge in [-0.2, -0.15) is 0 Å². The summed E-state index contributed by atoms with van der Waals surface area (Å²) in [6, 6.07) is 47.0. The average molecular weight is 546 g/mol. The fourth-order valence-electron chi connectivity index (χ4n) is 6.54. The molecule has 0 radical (unpaired) electrons. The molecule has 2 aromatic heterocycles. The van der Waals surface area contributed by atoms with Crippen molar-refractivity contribution >= 4 is 68.7 Å². The van der Waals surface area contributed by atoms with Gasteiger partial charge in [-0.05, 0) is 46.5 Å². The third-order valence-electron chi connectivity index (χ3n) is 8.33. The molecule has 40 heavy (non-hydrogen) atoms. The van der Waals surface area contributed by atoms with Crippen LogP contribution in [0.3, 0.4) is 0 Å². The summed E-state index contributed by atoms with van der Waals surface area (Å²) in [6.45, 7) is 0. The van der Waals surface area contributed by atoms with E-state index in [4.69, 9.17) is 0 Å². The number of thiophene rings is 2. The standard InChI is InChI=1S/C37H23NS2/c1-2-9-22(10-3-1)36-29-19-20-32-35(27-12-5-7-16-31(27)39-32)34(29)28-14-8-13-24(37(28)38-36)23-17-18-26-25-11-4-6-15-30(25)40-33(26)21-23/h1-21,36,38H. The van der Waals surface area contributed by atoms with Crippen LogP contribution in [0, 0.1) is 0 Å². The highest BCUT2D eigenvalue weighted by molar-refractivity contribution is 7.26. The van der Waals surface area contributed by atoms with Crippen molar-refractivity contribution in [3.05, 3.63) is 139 Å². The highest BCUT2D eigenvalue weighted by Crippen LogP contribution is 2.52. The van der Waals surface area contributed by atoms with Crippen LogP contribution < -0.4 is 5.32 Å². The van der Waals surface area contributed by atoms with Gasteiger partial charge in [0.05, 0.1) is 11.7 Å². The maximum absolute atomic E-state index is 4.02. The van der Waals surface area contributed by atoms with Crippen LogP contribution in [-0.4, -0.2) is 0 Å². The van der Waals surface area contributed by atoms with Crippen molar-refractivity contribution in [3.63, 3.8) is 0 Å². The van der Waals surface area contributed by atoms with Gasteiger partial charge in [-0.3, -0.25) is 0 Å². The van der Waals surface area contributed by atoms with Gasteiger partial charge >= 0.3 is 0 Å². The van der Waals surface area contributed by atoms with Gasteiger partial charge in [0.1, 0.15) is 0 Å². The molecule has 0 saturated heterocycles. The third-order valence-corrected chi connectivity index (χ3v) is 10.6. The van der Waals surface area contributed by atoms with Gasteiger partial charge in [-0.1, -0.05) is 103 Å². The number of benzene rings is 6. The molecule has 1 atom stereocenters. The summed E-state index contributed by atoms with van der Waals surface area (Å²) in [5.41, 5.74) is 8.98. The second-order valence-corrected chi connectivity index (χ2v) is 12.7. The molecule has 0 aliphatic carbocycles. The zero-order chi connectivity index (χ0) is 26.2. The largest absolute Gasteiger partial charge is 0.373 e. The van der Waals surface area contributed by atoms with E-state index in [2.05, 4.69) is 133 Å². The minimum absolute atomic E-state index is 0.0703. The second kappa shape index (κ2) is 8.53. The van der Waals surface area contributed by atoms with Crippen LogP contribution in [0.4, 0.5) is 5.69 Å². The normalized spacial score (nSPS) is 14.4. The smallest absolute Gasteiger partial charge is 0.0774 e. The first-order valence-corrected chi connectivity index (χ1v) is 15.3. The van der Waals surface area contributed by atoms with Gasteiger partial charge in [0.25, 0.3) is 0 Å². The lowest BCUT2D eigenvalue weighted by Crippen LogP contribution is -2.19. The number of nitrogens with one attached hydrogen (secondary N) is 1. The Labute approximate surface area is 240 Å². The Hall–Kier alpha value is -4.44. The molecule has 1 aliphatic heterocycles. The molecule has 0 fully saturated rings. The fraction of sp³-hybridized carbons (Fsp3) is 0.0270. The fourth-order valence-corrected chi connectivity index (χ4v) is 8.80. The highest BCUT2D eigenvalue weighted by atomic mass is 32.1. The monoisotopic (exact) mass is 545 g/mol. The van der Waals surface area contributed by atoms with E-state index in [-0.39, 0.29) is 6.04 Å². The quantitative estimate of drug-likeness (QED) is 0.228. The van der Waals surface area contributed by atoms with Crippen molar-refractivity contribution in [2.45, 2.75) is 6.04 Å². The first-order valence-electron chi connectivity index (χ1n) is 13.6. The number of fused-ring (bicyclic) bond motifs is 10. The lowest BCUT2D eigenvalue weighted by Gasteiger charge is -2.32. The first kappa shape index (κ1) is 22.4. The zero-order valence-corrected chi connectivity index (χ0v) is 23.2. The molecule has 188 valence electrons. The summed E-state index contributed by atoms with van der Waals surface area (Å²) in [7, 11) is 0. The topological polar surface area (TPSA) is 12.0 Å². The van der Waals surface area contributed by atoms with E-state index in [0.29, 0.717) is 0 Å². The van der Waals surface area contributed by atoms with Crippen LogP contribution in [0.2, 0.25) is 0 Å². The molecule has 0 bridgehead atoms. The maximum Gasteiger partial charge on any atom is 0.0774 e. The molecule has 9 rings (SSSR count). The molecule has 1 unspecified atom stereocenters. The number of para-hydroxylation sites is 1. The molecule has 0 amide bonds. The van der Waals surface area contributed by atoms with E-state index in [1.165, 1.54) is 79.4 Å². The van der Waals surface area contributed by atoms with Gasteiger partial charge < -0.3 is 5.32 Å². The van der Waals surface area contributed by atoms with Crippen molar-refractivity contribution in [1.82, 2.24) is 0 Å². The van der Waals surface area contributed by atoms with Crippen molar-refractivity contribution in [1.29, 1.82) is 0 Å². The Morgan fingerprint density at radius 3 is 2.08 bits per heavy atom. The van der Waals surface area contributed by atoms with Gasteiger partial charge in [-0.25, -0.2) is 0 Å². The lowest BCUT2D eigenvalue weighted by atomic mass is 9.82. The van der Waals surface area contributed by atoms with Crippen LogP contribution in [0.1, 0.15) is 17.2 Å². The molecule has 1 aliphatic rings. The number of anilines is 1. The summed E-state index contributed by atoms with van der Waals surface area (Å²) in [5, 5.41) is 9.41. The van der Waals surface area contributed by atoms with E-state index < -0.39 is 0 Å². The molecule has 0 spiro atoms. The minimum Gasteiger partial charge on any atom is -0.373 e. The Morgan fingerprint density at radius 2 is 1.20 bits per heavy atom. The molecular weight excluding hydrogens is 523 g/mol. The number of rotatable bonds is 2. The van der Waals surface area contributed by atoms with Gasteiger partial charge in [-0.15, -0.1) is 22.7 Å². The van der Waals surface area contributed by atoms with Crippen molar-refractivity contribution in [2.75, 3.05) is 5.32 Å². The van der Waals surface area contributed by atoms with Crippen LogP contribution >= 0.6 is 22.7 Å². The molecule has 3 heterocycles. The summed E-state index contributed by atoms with van der Waals surface area (Å²) in [5.74, 6) is 0.